The van der Waals surface area contributed by atoms with Gasteiger partial charge in [-0.3, -0.25) is 4.79 Å². The molecule has 0 saturated carbocycles. The minimum absolute atomic E-state index is 0.183. The molecular formula is C17H24N2O3S. The van der Waals surface area contributed by atoms with Crippen molar-refractivity contribution < 1.29 is 13.2 Å². The third kappa shape index (κ3) is 4.00. The normalized spacial score (nSPS) is 20.7. The minimum atomic E-state index is -3.65. The van der Waals surface area contributed by atoms with Crippen molar-refractivity contribution in [2.24, 2.45) is 0 Å². The molecule has 0 aliphatic carbocycles. The highest BCUT2D eigenvalue weighted by Gasteiger charge is 2.39. The second kappa shape index (κ2) is 7.27. The van der Waals surface area contributed by atoms with E-state index in [4.69, 9.17) is 0 Å². The van der Waals surface area contributed by atoms with E-state index in [2.05, 4.69) is 0 Å². The number of benzene rings is 1. The van der Waals surface area contributed by atoms with Crippen molar-refractivity contribution >= 4 is 22.0 Å². The summed E-state index contributed by atoms with van der Waals surface area (Å²) >= 11 is 0. The molecule has 0 radical (unpaired) electrons. The van der Waals surface area contributed by atoms with E-state index in [-0.39, 0.29) is 11.9 Å². The zero-order chi connectivity index (χ0) is 17.0. The minimum Gasteiger partial charge on any atom is -0.348 e. The average Bonchev–Trinajstić information content (AvgIpc) is 3.01. The van der Waals surface area contributed by atoms with E-state index in [9.17, 15) is 13.2 Å². The predicted molar refractivity (Wildman–Crippen MR) is 92.3 cm³/mol. The van der Waals surface area contributed by atoms with Crippen LogP contribution in [0.25, 0.3) is 6.08 Å². The molecule has 1 aliphatic rings. The van der Waals surface area contributed by atoms with Crippen LogP contribution in [0.5, 0.6) is 0 Å². The molecule has 0 aromatic heterocycles. The quantitative estimate of drug-likeness (QED) is 0.826. The summed E-state index contributed by atoms with van der Waals surface area (Å²) < 4.78 is 27.0. The van der Waals surface area contributed by atoms with Gasteiger partial charge in [0, 0.05) is 26.7 Å². The summed E-state index contributed by atoms with van der Waals surface area (Å²) in [7, 11) is -0.497. The predicted octanol–water partition coefficient (Wildman–Crippen LogP) is 1.97. The van der Waals surface area contributed by atoms with Gasteiger partial charge in [-0.1, -0.05) is 42.5 Å². The van der Waals surface area contributed by atoms with Crippen LogP contribution in [0.2, 0.25) is 0 Å². The molecule has 2 unspecified atom stereocenters. The van der Waals surface area contributed by atoms with Crippen molar-refractivity contribution in [1.82, 2.24) is 9.21 Å². The number of carbonyl (C=O) groups is 1. The van der Waals surface area contributed by atoms with Gasteiger partial charge >= 0.3 is 0 Å². The maximum absolute atomic E-state index is 12.7. The molecule has 0 spiro atoms. The smallest absolute Gasteiger partial charge is 0.241 e. The third-order valence-corrected chi connectivity index (χ3v) is 6.32. The number of amides is 1. The third-order valence-electron chi connectivity index (χ3n) is 4.12. The van der Waals surface area contributed by atoms with Crippen molar-refractivity contribution in [3.05, 3.63) is 42.0 Å². The van der Waals surface area contributed by atoms with Gasteiger partial charge in [0.2, 0.25) is 15.9 Å². The number of hydrogen-bond donors (Lipinski definition) is 0. The molecule has 1 aliphatic heterocycles. The van der Waals surface area contributed by atoms with Gasteiger partial charge in [0.1, 0.15) is 0 Å². The molecule has 1 heterocycles. The maximum atomic E-state index is 12.7. The van der Waals surface area contributed by atoms with Crippen LogP contribution in [0.3, 0.4) is 0 Å². The number of hydrogen-bond acceptors (Lipinski definition) is 3. The maximum Gasteiger partial charge on any atom is 0.241 e. The van der Waals surface area contributed by atoms with Gasteiger partial charge in [-0.2, -0.15) is 4.31 Å². The Morgan fingerprint density at radius 3 is 2.57 bits per heavy atom. The van der Waals surface area contributed by atoms with Crippen LogP contribution in [-0.2, 0) is 14.8 Å². The van der Waals surface area contributed by atoms with Gasteiger partial charge < -0.3 is 4.90 Å². The Morgan fingerprint density at radius 2 is 1.96 bits per heavy atom. The van der Waals surface area contributed by atoms with Crippen molar-refractivity contribution in [3.63, 3.8) is 0 Å². The Morgan fingerprint density at radius 1 is 1.30 bits per heavy atom. The summed E-state index contributed by atoms with van der Waals surface area (Å²) in [5.74, 6) is -0.386. The van der Waals surface area contributed by atoms with E-state index in [1.165, 1.54) is 16.1 Å². The Kier molecular flexibility index (Phi) is 5.59. The van der Waals surface area contributed by atoms with Gasteiger partial charge in [-0.15, -0.1) is 0 Å². The van der Waals surface area contributed by atoms with Crippen molar-refractivity contribution in [2.45, 2.75) is 31.1 Å². The Balaban J connectivity index is 2.17. The Hall–Kier alpha value is -1.66. The highest BCUT2D eigenvalue weighted by molar-refractivity contribution is 7.90. The first-order chi connectivity index (χ1) is 10.8. The summed E-state index contributed by atoms with van der Waals surface area (Å²) in [6, 6.07) is 9.60. The molecule has 0 N–H and O–H groups in total. The highest BCUT2D eigenvalue weighted by Crippen LogP contribution is 2.25. The number of carbonyl (C=O) groups excluding carboxylic acids is 1. The monoisotopic (exact) mass is 336 g/mol. The second-order valence-electron chi connectivity index (χ2n) is 6.01. The first kappa shape index (κ1) is 17.7. The molecule has 5 nitrogen and oxygen atoms in total. The summed E-state index contributed by atoms with van der Waals surface area (Å²) in [5.41, 5.74) is 1.04. The highest BCUT2D eigenvalue weighted by atomic mass is 32.2. The van der Waals surface area contributed by atoms with Gasteiger partial charge in [-0.25, -0.2) is 8.42 Å². The van der Waals surface area contributed by atoms with Crippen LogP contribution in [0.1, 0.15) is 25.3 Å². The molecule has 1 fully saturated rings. The topological polar surface area (TPSA) is 57.7 Å². The largest absolute Gasteiger partial charge is 0.348 e. The lowest BCUT2D eigenvalue weighted by molar-refractivity contribution is -0.128. The first-order valence-corrected chi connectivity index (χ1v) is 9.29. The first-order valence-electron chi connectivity index (χ1n) is 7.79. The van der Waals surface area contributed by atoms with Gasteiger partial charge in [0.15, 0.2) is 5.25 Å². The lowest BCUT2D eigenvalue weighted by atomic mass is 10.1. The van der Waals surface area contributed by atoms with Crippen LogP contribution in [0, 0.1) is 0 Å². The molecule has 2 atom stereocenters. The lowest BCUT2D eigenvalue weighted by Gasteiger charge is -2.26. The fourth-order valence-electron chi connectivity index (χ4n) is 2.75. The van der Waals surface area contributed by atoms with E-state index >= 15 is 0 Å². The Bertz CT molecular complexity index is 668. The molecule has 1 aromatic carbocycles. The van der Waals surface area contributed by atoms with Crippen LogP contribution < -0.4 is 0 Å². The van der Waals surface area contributed by atoms with Crippen LogP contribution >= 0.6 is 0 Å². The van der Waals surface area contributed by atoms with Crippen LogP contribution in [-0.4, -0.2) is 55.5 Å². The standard InChI is InChI=1S/C17H24N2O3S/c1-14(17(20)18(2)3)23(21,22)19-13-7-10-16(19)12-11-15-8-5-4-6-9-15/h4-6,8-9,11-12,14,16H,7,10,13H2,1-3H3/b12-11+. The van der Waals surface area contributed by atoms with Gasteiger partial charge in [0.25, 0.3) is 0 Å². The summed E-state index contributed by atoms with van der Waals surface area (Å²) in [5, 5.41) is -1.05. The summed E-state index contributed by atoms with van der Waals surface area (Å²) in [4.78, 5) is 13.4. The number of nitrogens with zero attached hydrogens (tertiary/aromatic N) is 2. The van der Waals surface area contributed by atoms with Gasteiger partial charge in [-0.05, 0) is 25.3 Å². The summed E-state index contributed by atoms with van der Waals surface area (Å²) in [6.45, 7) is 1.94. The number of rotatable bonds is 5. The SMILES string of the molecule is CC(C(=O)N(C)C)S(=O)(=O)N1CCCC1/C=C/c1ccccc1. The second-order valence-corrected chi connectivity index (χ2v) is 8.22. The molecule has 1 aromatic rings. The fourth-order valence-corrected chi connectivity index (χ4v) is 4.56. The molecule has 1 saturated heterocycles. The number of sulfonamides is 1. The molecule has 2 rings (SSSR count). The molecular weight excluding hydrogens is 312 g/mol. The van der Waals surface area contributed by atoms with Crippen molar-refractivity contribution in [1.29, 1.82) is 0 Å². The van der Waals surface area contributed by atoms with E-state index in [0.29, 0.717) is 6.54 Å². The Labute approximate surface area is 138 Å². The molecule has 0 bridgehead atoms. The van der Waals surface area contributed by atoms with Crippen molar-refractivity contribution in [2.75, 3.05) is 20.6 Å². The van der Waals surface area contributed by atoms with Crippen molar-refractivity contribution in [3.8, 4) is 0 Å². The zero-order valence-electron chi connectivity index (χ0n) is 13.8. The fraction of sp³-hybridized carbons (Fsp3) is 0.471. The molecule has 126 valence electrons. The van der Waals surface area contributed by atoms with Crippen LogP contribution in [0.15, 0.2) is 36.4 Å². The molecule has 1 amide bonds. The zero-order valence-corrected chi connectivity index (χ0v) is 14.7. The van der Waals surface area contributed by atoms with E-state index < -0.39 is 15.3 Å². The average molecular weight is 336 g/mol. The van der Waals surface area contributed by atoms with E-state index in [0.717, 1.165) is 18.4 Å². The van der Waals surface area contributed by atoms with E-state index in [1.54, 1.807) is 14.1 Å². The van der Waals surface area contributed by atoms with E-state index in [1.807, 2.05) is 42.5 Å². The van der Waals surface area contributed by atoms with Gasteiger partial charge in [0.05, 0.1) is 0 Å². The van der Waals surface area contributed by atoms with Crippen LogP contribution in [0.4, 0.5) is 0 Å². The molecule has 6 heteroatoms. The lowest BCUT2D eigenvalue weighted by Crippen LogP contribution is -2.46. The summed E-state index contributed by atoms with van der Waals surface area (Å²) in [6.07, 6.45) is 5.46. The molecule has 23 heavy (non-hydrogen) atoms.